The average Bonchev–Trinajstić information content (AvgIpc) is 2.61. The van der Waals surface area contributed by atoms with Gasteiger partial charge in [0.25, 0.3) is 5.91 Å². The van der Waals surface area contributed by atoms with Gasteiger partial charge in [-0.15, -0.1) is 0 Å². The molecule has 3 amide bonds. The number of amides is 3. The van der Waals surface area contributed by atoms with E-state index < -0.39 is 11.9 Å². The molecule has 0 unspecified atom stereocenters. The van der Waals surface area contributed by atoms with Crippen LogP contribution in [0.4, 0.5) is 9.18 Å². The van der Waals surface area contributed by atoms with E-state index >= 15 is 0 Å². The van der Waals surface area contributed by atoms with Gasteiger partial charge in [0.2, 0.25) is 0 Å². The van der Waals surface area contributed by atoms with Crippen LogP contribution < -0.4 is 16.0 Å². The number of nitrogens with two attached hydrogens (primary N) is 1. The number of imide groups is 1. The van der Waals surface area contributed by atoms with Crippen molar-refractivity contribution in [3.8, 4) is 0 Å². The number of hydrogen-bond acceptors (Lipinski definition) is 2. The highest BCUT2D eigenvalue weighted by atomic mass is 19.1. The molecule has 0 fully saturated rings. The maximum absolute atomic E-state index is 13.7. The van der Waals surface area contributed by atoms with Crippen molar-refractivity contribution >= 4 is 11.9 Å². The van der Waals surface area contributed by atoms with Crippen LogP contribution in [-0.2, 0) is 11.2 Å². The van der Waals surface area contributed by atoms with Crippen LogP contribution in [0.3, 0.4) is 0 Å². The molecule has 4 N–H and O–H groups in total. The van der Waals surface area contributed by atoms with Gasteiger partial charge in [0.05, 0.1) is 0 Å². The molecule has 0 bridgehead atoms. The molecule has 5 nitrogen and oxygen atoms in total. The Morgan fingerprint density at radius 1 is 1.07 bits per heavy atom. The van der Waals surface area contributed by atoms with Gasteiger partial charge in [-0.3, -0.25) is 10.1 Å². The molecule has 0 aliphatic rings. The minimum absolute atomic E-state index is 0.0439. The van der Waals surface area contributed by atoms with Gasteiger partial charge in [-0.25, -0.2) is 9.18 Å². The molecule has 0 aliphatic carbocycles. The Morgan fingerprint density at radius 3 is 2.37 bits per heavy atom. The zero-order chi connectivity index (χ0) is 19.8. The van der Waals surface area contributed by atoms with Crippen molar-refractivity contribution in [3.05, 3.63) is 71.0 Å². The van der Waals surface area contributed by atoms with Crippen LogP contribution in [0.25, 0.3) is 0 Å². The quantitative estimate of drug-likeness (QED) is 0.697. The number of urea groups is 1. The average molecular weight is 372 g/mol. The van der Waals surface area contributed by atoms with E-state index in [1.165, 1.54) is 17.7 Å². The minimum atomic E-state index is -0.516. The van der Waals surface area contributed by atoms with Gasteiger partial charge >= 0.3 is 6.03 Å². The molecular weight excluding hydrogens is 345 g/mol. The number of benzene rings is 2. The highest BCUT2D eigenvalue weighted by molar-refractivity contribution is 5.94. The summed E-state index contributed by atoms with van der Waals surface area (Å²) in [7, 11) is 0. The standard InChI is InChI=1S/C21H26FN3O2/c1-4-15-8-10-16(11-9-15)20(17-6-5-7-18(22)12-17)23-13-19(26)25-21(27)24-14(2)3/h5-12,14,20,23H,4,13H2,1-3H3,(H2,24,25,26,27)/p+1/t20-/m0/s1. The number of rotatable bonds is 7. The van der Waals surface area contributed by atoms with Gasteiger partial charge < -0.3 is 10.6 Å². The summed E-state index contributed by atoms with van der Waals surface area (Å²) in [5.41, 5.74) is 2.94. The Morgan fingerprint density at radius 2 is 1.78 bits per heavy atom. The zero-order valence-corrected chi connectivity index (χ0v) is 16.0. The number of aryl methyl sites for hydroxylation is 1. The smallest absolute Gasteiger partial charge is 0.321 e. The first-order chi connectivity index (χ1) is 12.9. The van der Waals surface area contributed by atoms with E-state index in [0.29, 0.717) is 0 Å². The largest absolute Gasteiger partial charge is 0.336 e. The van der Waals surface area contributed by atoms with Crippen LogP contribution in [-0.4, -0.2) is 24.5 Å². The molecule has 0 aliphatic heterocycles. The van der Waals surface area contributed by atoms with E-state index in [2.05, 4.69) is 17.6 Å². The Balaban J connectivity index is 2.13. The van der Waals surface area contributed by atoms with Crippen LogP contribution in [0.15, 0.2) is 48.5 Å². The van der Waals surface area contributed by atoms with E-state index in [-0.39, 0.29) is 24.4 Å². The van der Waals surface area contributed by atoms with Crippen LogP contribution in [0, 0.1) is 5.82 Å². The van der Waals surface area contributed by atoms with E-state index in [1.807, 2.05) is 44.2 Å². The highest BCUT2D eigenvalue weighted by Crippen LogP contribution is 2.20. The summed E-state index contributed by atoms with van der Waals surface area (Å²) in [6.45, 7) is 5.76. The topological polar surface area (TPSA) is 74.8 Å². The number of halogens is 1. The molecule has 1 atom stereocenters. The molecule has 144 valence electrons. The second-order valence-corrected chi connectivity index (χ2v) is 6.74. The SMILES string of the molecule is CCc1ccc([C@H]([NH2+]CC(=O)NC(=O)NC(C)C)c2cccc(F)c2)cc1. The fourth-order valence-corrected chi connectivity index (χ4v) is 2.83. The summed E-state index contributed by atoms with van der Waals surface area (Å²) in [4.78, 5) is 23.7. The summed E-state index contributed by atoms with van der Waals surface area (Å²) in [6.07, 6.45) is 0.933. The molecule has 27 heavy (non-hydrogen) atoms. The van der Waals surface area contributed by atoms with Crippen molar-refractivity contribution in [1.29, 1.82) is 0 Å². The normalized spacial score (nSPS) is 11.9. The van der Waals surface area contributed by atoms with E-state index in [1.54, 1.807) is 11.4 Å². The van der Waals surface area contributed by atoms with Gasteiger partial charge in [0, 0.05) is 17.2 Å². The van der Waals surface area contributed by atoms with Crippen molar-refractivity contribution < 1.29 is 19.3 Å². The summed E-state index contributed by atoms with van der Waals surface area (Å²) in [5, 5.41) is 6.71. The van der Waals surface area contributed by atoms with Crippen molar-refractivity contribution in [2.75, 3.05) is 6.54 Å². The fraction of sp³-hybridized carbons (Fsp3) is 0.333. The van der Waals surface area contributed by atoms with Crippen molar-refractivity contribution in [2.24, 2.45) is 0 Å². The maximum Gasteiger partial charge on any atom is 0.321 e. The third-order valence-corrected chi connectivity index (χ3v) is 4.17. The van der Waals surface area contributed by atoms with Crippen molar-refractivity contribution in [2.45, 2.75) is 39.3 Å². The van der Waals surface area contributed by atoms with Crippen molar-refractivity contribution in [3.63, 3.8) is 0 Å². The lowest BCUT2D eigenvalue weighted by Gasteiger charge is -2.17. The van der Waals surface area contributed by atoms with Crippen LogP contribution >= 0.6 is 0 Å². The van der Waals surface area contributed by atoms with Crippen LogP contribution in [0.1, 0.15) is 43.5 Å². The molecule has 2 aromatic rings. The number of nitrogens with one attached hydrogen (secondary N) is 2. The summed E-state index contributed by atoms with van der Waals surface area (Å²) >= 11 is 0. The molecule has 0 heterocycles. The molecule has 6 heteroatoms. The first kappa shape index (κ1) is 20.6. The second kappa shape index (κ2) is 9.83. The number of quaternary nitrogens is 1. The lowest BCUT2D eigenvalue weighted by atomic mass is 9.97. The van der Waals surface area contributed by atoms with Crippen LogP contribution in [0.2, 0.25) is 0 Å². The molecule has 0 saturated heterocycles. The first-order valence-electron chi connectivity index (χ1n) is 9.17. The fourth-order valence-electron chi connectivity index (χ4n) is 2.83. The van der Waals surface area contributed by atoms with E-state index in [4.69, 9.17) is 0 Å². The molecule has 2 aromatic carbocycles. The predicted octanol–water partition coefficient (Wildman–Crippen LogP) is 2.28. The molecule has 0 spiro atoms. The maximum atomic E-state index is 13.7. The molecular formula is C21H27FN3O2+. The number of carbonyl (C=O) groups excluding carboxylic acids is 2. The van der Waals surface area contributed by atoms with Gasteiger partial charge in [0.15, 0.2) is 6.54 Å². The first-order valence-corrected chi connectivity index (χ1v) is 9.17. The molecule has 0 saturated carbocycles. The highest BCUT2D eigenvalue weighted by Gasteiger charge is 2.20. The lowest BCUT2D eigenvalue weighted by Crippen LogP contribution is -2.88. The Kier molecular flexibility index (Phi) is 7.49. The predicted molar refractivity (Wildman–Crippen MR) is 103 cm³/mol. The number of hydrogen-bond donors (Lipinski definition) is 3. The van der Waals surface area contributed by atoms with E-state index in [9.17, 15) is 14.0 Å². The Labute approximate surface area is 159 Å². The molecule has 0 aromatic heterocycles. The summed E-state index contributed by atoms with van der Waals surface area (Å²) < 4.78 is 13.7. The number of carbonyl (C=O) groups is 2. The second-order valence-electron chi connectivity index (χ2n) is 6.74. The summed E-state index contributed by atoms with van der Waals surface area (Å²) in [5.74, 6) is -0.725. The van der Waals surface area contributed by atoms with E-state index in [0.717, 1.165) is 17.5 Å². The van der Waals surface area contributed by atoms with Gasteiger partial charge in [0.1, 0.15) is 11.9 Å². The van der Waals surface area contributed by atoms with Crippen molar-refractivity contribution in [1.82, 2.24) is 10.6 Å². The Hall–Kier alpha value is -2.73. The molecule has 0 radical (unpaired) electrons. The summed E-state index contributed by atoms with van der Waals surface area (Å²) in [6, 6.07) is 13.6. The third-order valence-electron chi connectivity index (χ3n) is 4.17. The monoisotopic (exact) mass is 372 g/mol. The minimum Gasteiger partial charge on any atom is -0.336 e. The van der Waals surface area contributed by atoms with Gasteiger partial charge in [-0.2, -0.15) is 0 Å². The lowest BCUT2D eigenvalue weighted by molar-refractivity contribution is -0.676. The zero-order valence-electron chi connectivity index (χ0n) is 16.0. The third kappa shape index (κ3) is 6.49. The van der Waals surface area contributed by atoms with Gasteiger partial charge in [-0.05, 0) is 38.0 Å². The van der Waals surface area contributed by atoms with Crippen LogP contribution in [0.5, 0.6) is 0 Å². The molecule has 2 rings (SSSR count). The van der Waals surface area contributed by atoms with Gasteiger partial charge in [-0.1, -0.05) is 43.3 Å². The Bertz CT molecular complexity index is 775.